The second kappa shape index (κ2) is 7.79. The van der Waals surface area contributed by atoms with E-state index < -0.39 is 0 Å². The van der Waals surface area contributed by atoms with Crippen molar-refractivity contribution in [2.45, 2.75) is 17.0 Å². The lowest BCUT2D eigenvalue weighted by Gasteiger charge is -2.02. The molecule has 0 unspecified atom stereocenters. The molecule has 0 saturated heterocycles. The Bertz CT molecular complexity index is 866. The van der Waals surface area contributed by atoms with Crippen LogP contribution in [-0.2, 0) is 5.75 Å². The van der Waals surface area contributed by atoms with Crippen LogP contribution in [0.4, 0.5) is 5.13 Å². The molecule has 0 atom stereocenters. The van der Waals surface area contributed by atoms with Crippen LogP contribution in [0.5, 0.6) is 0 Å². The zero-order chi connectivity index (χ0) is 16.9. The lowest BCUT2D eigenvalue weighted by atomic mass is 10.1. The number of aryl methyl sites for hydroxylation is 1. The van der Waals surface area contributed by atoms with Gasteiger partial charge in [0.15, 0.2) is 4.34 Å². The first kappa shape index (κ1) is 17.0. The molecule has 7 heteroatoms. The minimum absolute atomic E-state index is 0.183. The number of aromatic nitrogens is 2. The predicted octanol–water partition coefficient (Wildman–Crippen LogP) is 5.04. The number of amides is 1. The van der Waals surface area contributed by atoms with E-state index in [1.807, 2.05) is 49.4 Å². The van der Waals surface area contributed by atoms with Gasteiger partial charge in [-0.15, -0.1) is 10.2 Å². The van der Waals surface area contributed by atoms with Crippen molar-refractivity contribution in [1.82, 2.24) is 10.2 Å². The smallest absolute Gasteiger partial charge is 0.257 e. The van der Waals surface area contributed by atoms with E-state index in [1.165, 1.54) is 11.3 Å². The topological polar surface area (TPSA) is 54.9 Å². The summed E-state index contributed by atoms with van der Waals surface area (Å²) in [5, 5.41) is 12.1. The van der Waals surface area contributed by atoms with Gasteiger partial charge < -0.3 is 0 Å². The van der Waals surface area contributed by atoms with Crippen LogP contribution in [0.1, 0.15) is 21.5 Å². The maximum Gasteiger partial charge on any atom is 0.257 e. The average Bonchev–Trinajstić information content (AvgIpc) is 3.01. The molecule has 0 aliphatic rings. The summed E-state index contributed by atoms with van der Waals surface area (Å²) in [5.41, 5.74) is 2.69. The molecule has 1 aromatic heterocycles. The Morgan fingerprint density at radius 1 is 1.21 bits per heavy atom. The molecule has 3 aromatic rings. The number of carbonyl (C=O) groups is 1. The molecule has 122 valence electrons. The molecular weight excluding hydrogens is 362 g/mol. The first-order valence-electron chi connectivity index (χ1n) is 7.19. The Hall–Kier alpha value is -1.89. The molecule has 0 bridgehead atoms. The predicted molar refractivity (Wildman–Crippen MR) is 100 cm³/mol. The summed E-state index contributed by atoms with van der Waals surface area (Å²) in [5.74, 6) is 0.526. The number of hydrogen-bond donors (Lipinski definition) is 1. The summed E-state index contributed by atoms with van der Waals surface area (Å²) < 4.78 is 0.787. The number of nitrogens with one attached hydrogen (secondary N) is 1. The Balaban J connectivity index is 1.61. The fraction of sp³-hybridized carbons (Fsp3) is 0.118. The number of rotatable bonds is 5. The van der Waals surface area contributed by atoms with E-state index in [9.17, 15) is 4.79 Å². The molecule has 0 aliphatic heterocycles. The van der Waals surface area contributed by atoms with Crippen molar-refractivity contribution >= 4 is 45.7 Å². The van der Waals surface area contributed by atoms with Crippen LogP contribution in [0, 0.1) is 6.92 Å². The Morgan fingerprint density at radius 2 is 2.04 bits per heavy atom. The molecule has 1 amide bonds. The monoisotopic (exact) mass is 375 g/mol. The van der Waals surface area contributed by atoms with E-state index in [2.05, 4.69) is 15.5 Å². The molecular formula is C17H14ClN3OS2. The molecule has 24 heavy (non-hydrogen) atoms. The van der Waals surface area contributed by atoms with Gasteiger partial charge in [-0.25, -0.2) is 0 Å². The van der Waals surface area contributed by atoms with Gasteiger partial charge in [-0.3, -0.25) is 10.1 Å². The summed E-state index contributed by atoms with van der Waals surface area (Å²) in [7, 11) is 0. The van der Waals surface area contributed by atoms with Crippen molar-refractivity contribution < 1.29 is 4.79 Å². The quantitative estimate of drug-likeness (QED) is 0.501. The Labute approximate surface area is 153 Å². The molecule has 0 spiro atoms. The van der Waals surface area contributed by atoms with Gasteiger partial charge in [0.2, 0.25) is 5.13 Å². The van der Waals surface area contributed by atoms with Gasteiger partial charge in [0, 0.05) is 16.3 Å². The molecule has 2 aromatic carbocycles. The van der Waals surface area contributed by atoms with Crippen LogP contribution in [0.25, 0.3) is 0 Å². The third kappa shape index (κ3) is 4.35. The van der Waals surface area contributed by atoms with E-state index >= 15 is 0 Å². The lowest BCUT2D eigenvalue weighted by molar-refractivity contribution is 0.102. The van der Waals surface area contributed by atoms with Crippen molar-refractivity contribution in [1.29, 1.82) is 0 Å². The second-order valence-electron chi connectivity index (χ2n) is 5.08. The summed E-state index contributed by atoms with van der Waals surface area (Å²) in [4.78, 5) is 12.2. The van der Waals surface area contributed by atoms with E-state index in [1.54, 1.807) is 17.8 Å². The van der Waals surface area contributed by atoms with Crippen LogP contribution < -0.4 is 5.32 Å². The highest BCUT2D eigenvalue weighted by atomic mass is 35.5. The zero-order valence-corrected chi connectivity index (χ0v) is 15.2. The number of halogens is 1. The van der Waals surface area contributed by atoms with Crippen LogP contribution in [-0.4, -0.2) is 16.1 Å². The molecule has 1 heterocycles. The number of thioether (sulfide) groups is 1. The first-order valence-corrected chi connectivity index (χ1v) is 9.37. The van der Waals surface area contributed by atoms with E-state index in [0.29, 0.717) is 16.4 Å². The van der Waals surface area contributed by atoms with Gasteiger partial charge in [-0.1, -0.05) is 70.6 Å². The number of benzene rings is 2. The lowest BCUT2D eigenvalue weighted by Crippen LogP contribution is -2.11. The third-order valence-corrected chi connectivity index (χ3v) is 5.61. The molecule has 3 rings (SSSR count). The summed E-state index contributed by atoms with van der Waals surface area (Å²) >= 11 is 9.04. The number of carbonyl (C=O) groups excluding carboxylic acids is 1. The van der Waals surface area contributed by atoms with E-state index in [4.69, 9.17) is 11.6 Å². The van der Waals surface area contributed by atoms with Gasteiger partial charge in [0.1, 0.15) is 0 Å². The molecule has 0 saturated carbocycles. The average molecular weight is 376 g/mol. The molecule has 0 fully saturated rings. The maximum absolute atomic E-state index is 12.2. The van der Waals surface area contributed by atoms with Crippen LogP contribution in [0.2, 0.25) is 5.02 Å². The van der Waals surface area contributed by atoms with Gasteiger partial charge in [0.25, 0.3) is 5.91 Å². The highest BCUT2D eigenvalue weighted by Gasteiger charge is 2.11. The first-order chi connectivity index (χ1) is 11.6. The molecule has 1 N–H and O–H groups in total. The molecule has 0 radical (unpaired) electrons. The Kier molecular flexibility index (Phi) is 5.50. The fourth-order valence-electron chi connectivity index (χ4n) is 2.03. The summed E-state index contributed by atoms with van der Waals surface area (Å²) in [6, 6.07) is 15.1. The number of nitrogens with zero attached hydrogens (tertiary/aromatic N) is 2. The highest BCUT2D eigenvalue weighted by molar-refractivity contribution is 8.00. The summed E-state index contributed by atoms with van der Waals surface area (Å²) in [6.45, 7) is 1.95. The standard InChI is InChI=1S/C17H14ClN3OS2/c1-11-5-4-7-12(9-11)15(22)19-16-20-21-17(24-16)23-10-13-6-2-3-8-14(13)18/h2-9H,10H2,1H3,(H,19,20,22). The normalized spacial score (nSPS) is 10.6. The van der Waals surface area contributed by atoms with Crippen molar-refractivity contribution in [2.24, 2.45) is 0 Å². The van der Waals surface area contributed by atoms with Crippen LogP contribution >= 0.6 is 34.7 Å². The third-order valence-electron chi connectivity index (χ3n) is 3.22. The Morgan fingerprint density at radius 3 is 2.83 bits per heavy atom. The van der Waals surface area contributed by atoms with Gasteiger partial charge in [-0.2, -0.15) is 0 Å². The van der Waals surface area contributed by atoms with Crippen molar-refractivity contribution in [3.05, 3.63) is 70.2 Å². The van der Waals surface area contributed by atoms with Gasteiger partial charge in [-0.05, 0) is 30.7 Å². The zero-order valence-electron chi connectivity index (χ0n) is 12.8. The van der Waals surface area contributed by atoms with E-state index in [-0.39, 0.29) is 5.91 Å². The summed E-state index contributed by atoms with van der Waals surface area (Å²) in [6.07, 6.45) is 0. The number of anilines is 1. The number of hydrogen-bond acceptors (Lipinski definition) is 5. The van der Waals surface area contributed by atoms with Gasteiger partial charge in [0.05, 0.1) is 0 Å². The van der Waals surface area contributed by atoms with Crippen LogP contribution in [0.15, 0.2) is 52.9 Å². The van der Waals surface area contributed by atoms with Crippen LogP contribution in [0.3, 0.4) is 0 Å². The SMILES string of the molecule is Cc1cccc(C(=O)Nc2nnc(SCc3ccccc3Cl)s2)c1. The highest BCUT2D eigenvalue weighted by Crippen LogP contribution is 2.30. The van der Waals surface area contributed by atoms with Crippen molar-refractivity contribution in [2.75, 3.05) is 5.32 Å². The van der Waals surface area contributed by atoms with Crippen molar-refractivity contribution in [3.63, 3.8) is 0 Å². The fourth-order valence-corrected chi connectivity index (χ4v) is 4.06. The largest absolute Gasteiger partial charge is 0.296 e. The van der Waals surface area contributed by atoms with Gasteiger partial charge >= 0.3 is 0 Å². The molecule has 0 aliphatic carbocycles. The minimum Gasteiger partial charge on any atom is -0.296 e. The van der Waals surface area contributed by atoms with E-state index in [0.717, 1.165) is 20.5 Å². The maximum atomic E-state index is 12.2. The minimum atomic E-state index is -0.183. The second-order valence-corrected chi connectivity index (χ2v) is 7.68. The molecule has 4 nitrogen and oxygen atoms in total. The van der Waals surface area contributed by atoms with Crippen molar-refractivity contribution in [3.8, 4) is 0 Å².